The summed E-state index contributed by atoms with van der Waals surface area (Å²) in [5, 5.41) is 2.78. The third-order valence-corrected chi connectivity index (χ3v) is 7.59. The van der Waals surface area contributed by atoms with Crippen molar-refractivity contribution in [3.05, 3.63) is 0 Å². The van der Waals surface area contributed by atoms with E-state index in [1.165, 1.54) is 0 Å². The molecule has 6 fully saturated rings. The van der Waals surface area contributed by atoms with Crippen LogP contribution in [0.4, 0.5) is 4.79 Å². The first-order valence-corrected chi connectivity index (χ1v) is 10.9. The van der Waals surface area contributed by atoms with Crippen LogP contribution in [0.3, 0.4) is 0 Å². The van der Waals surface area contributed by atoms with Crippen LogP contribution in [0.25, 0.3) is 0 Å². The maximum atomic E-state index is 13.0. The van der Waals surface area contributed by atoms with E-state index in [0.717, 1.165) is 51.9 Å². The highest BCUT2D eigenvalue weighted by Crippen LogP contribution is 2.38. The Hall–Kier alpha value is -1.55. The molecule has 2 atom stereocenters. The molecule has 0 aliphatic carbocycles. The van der Waals surface area contributed by atoms with Gasteiger partial charge < -0.3 is 19.5 Å². The predicted octanol–water partition coefficient (Wildman–Crippen LogP) is 0.0724. The number of Topliss-reactive ketones (excluding diaryl/α,β-unsaturated/α-hetero) is 2. The van der Waals surface area contributed by atoms with E-state index in [1.54, 1.807) is 14.2 Å². The number of nitrogens with zero attached hydrogens (tertiary/aromatic N) is 2. The van der Waals surface area contributed by atoms with Crippen LogP contribution in [-0.2, 0) is 23.8 Å². The summed E-state index contributed by atoms with van der Waals surface area (Å²) in [6, 6.07) is 0. The van der Waals surface area contributed by atoms with E-state index in [1.807, 2.05) is 0 Å². The number of methoxy groups -OCH3 is 2. The molecule has 6 heterocycles. The van der Waals surface area contributed by atoms with Crippen LogP contribution >= 0.6 is 0 Å². The van der Waals surface area contributed by atoms with E-state index < -0.39 is 17.2 Å². The Morgan fingerprint density at radius 3 is 1.80 bits per heavy atom. The summed E-state index contributed by atoms with van der Waals surface area (Å²) in [7, 11) is 3.13. The Morgan fingerprint density at radius 1 is 0.867 bits per heavy atom. The lowest BCUT2D eigenvalue weighted by Gasteiger charge is -2.52. The van der Waals surface area contributed by atoms with Crippen LogP contribution in [0.2, 0.25) is 0 Å². The number of carbonyl (C=O) groups is 3. The fraction of sp³-hybridized carbons (Fsp3) is 0.857. The van der Waals surface area contributed by atoms with E-state index in [9.17, 15) is 14.4 Å². The van der Waals surface area contributed by atoms with Gasteiger partial charge >= 0.3 is 6.09 Å². The smallest absolute Gasteiger partial charge is 0.407 e. The SMILES string of the molecule is COCC1(CNC(=O)OCC2(COC)C(=O)C3CCN2CC3)C(=O)C2CCN1CC2. The van der Waals surface area contributed by atoms with Crippen molar-refractivity contribution in [3.8, 4) is 0 Å². The third kappa shape index (κ3) is 3.45. The van der Waals surface area contributed by atoms with Gasteiger partial charge in [-0.05, 0) is 38.8 Å². The summed E-state index contributed by atoms with van der Waals surface area (Å²) in [5.74, 6) is 0.307. The van der Waals surface area contributed by atoms with Crippen molar-refractivity contribution in [2.75, 3.05) is 66.8 Å². The highest BCUT2D eigenvalue weighted by molar-refractivity contribution is 5.93. The summed E-state index contributed by atoms with van der Waals surface area (Å²) < 4.78 is 16.2. The largest absolute Gasteiger partial charge is 0.447 e. The maximum absolute atomic E-state index is 13.0. The molecule has 0 aromatic carbocycles. The van der Waals surface area contributed by atoms with E-state index >= 15 is 0 Å². The fourth-order valence-electron chi connectivity index (χ4n) is 5.92. The van der Waals surface area contributed by atoms with Gasteiger partial charge in [0.15, 0.2) is 11.6 Å². The highest BCUT2D eigenvalue weighted by atomic mass is 16.6. The summed E-state index contributed by atoms with van der Waals surface area (Å²) >= 11 is 0. The summed E-state index contributed by atoms with van der Waals surface area (Å²) in [5.41, 5.74) is -1.73. The number of hydrogen-bond donors (Lipinski definition) is 1. The quantitative estimate of drug-likeness (QED) is 0.586. The minimum absolute atomic E-state index is 0.0185. The maximum Gasteiger partial charge on any atom is 0.407 e. The molecule has 6 saturated heterocycles. The van der Waals surface area contributed by atoms with Crippen LogP contribution in [0.1, 0.15) is 25.7 Å². The van der Waals surface area contributed by atoms with Gasteiger partial charge in [-0.1, -0.05) is 0 Å². The molecule has 30 heavy (non-hydrogen) atoms. The van der Waals surface area contributed by atoms with Gasteiger partial charge in [-0.3, -0.25) is 19.4 Å². The summed E-state index contributed by atoms with van der Waals surface area (Å²) in [4.78, 5) is 42.8. The second kappa shape index (κ2) is 8.53. The van der Waals surface area contributed by atoms with Crippen LogP contribution in [0, 0.1) is 11.8 Å². The van der Waals surface area contributed by atoms with Gasteiger partial charge in [0.2, 0.25) is 0 Å². The van der Waals surface area contributed by atoms with Gasteiger partial charge in [0.25, 0.3) is 0 Å². The zero-order chi connectivity index (χ0) is 21.4. The molecule has 1 amide bonds. The van der Waals surface area contributed by atoms with E-state index in [2.05, 4.69) is 15.1 Å². The van der Waals surface area contributed by atoms with E-state index in [0.29, 0.717) is 0 Å². The van der Waals surface area contributed by atoms with Crippen LogP contribution in [-0.4, -0.2) is 105 Å². The first-order valence-electron chi connectivity index (χ1n) is 10.9. The Morgan fingerprint density at radius 2 is 1.33 bits per heavy atom. The predicted molar refractivity (Wildman–Crippen MR) is 107 cm³/mol. The number of carbonyl (C=O) groups excluding carboxylic acids is 3. The zero-order valence-electron chi connectivity index (χ0n) is 18.0. The summed E-state index contributed by atoms with van der Waals surface area (Å²) in [6.45, 7) is 3.84. The van der Waals surface area contributed by atoms with Gasteiger partial charge in [0.1, 0.15) is 17.7 Å². The molecule has 0 spiro atoms. The van der Waals surface area contributed by atoms with Crippen molar-refractivity contribution in [3.63, 3.8) is 0 Å². The average molecular weight is 424 g/mol. The van der Waals surface area contributed by atoms with E-state index in [-0.39, 0.29) is 49.8 Å². The summed E-state index contributed by atoms with van der Waals surface area (Å²) in [6.07, 6.45) is 2.83. The molecule has 1 N–H and O–H groups in total. The van der Waals surface area contributed by atoms with Gasteiger partial charge in [0, 0.05) is 45.7 Å². The van der Waals surface area contributed by atoms with Crippen molar-refractivity contribution in [2.45, 2.75) is 36.8 Å². The minimum Gasteiger partial charge on any atom is -0.447 e. The second-order valence-electron chi connectivity index (χ2n) is 9.11. The number of piperidine rings is 6. The number of amides is 1. The molecule has 6 aliphatic heterocycles. The van der Waals surface area contributed by atoms with Crippen molar-refractivity contribution in [1.82, 2.24) is 15.1 Å². The van der Waals surface area contributed by atoms with E-state index in [4.69, 9.17) is 14.2 Å². The Bertz CT molecular complexity index is 630. The van der Waals surface area contributed by atoms with Crippen molar-refractivity contribution in [1.29, 1.82) is 0 Å². The van der Waals surface area contributed by atoms with Crippen LogP contribution < -0.4 is 5.32 Å². The molecule has 2 unspecified atom stereocenters. The first-order chi connectivity index (χ1) is 14.5. The Labute approximate surface area is 177 Å². The van der Waals surface area contributed by atoms with Gasteiger partial charge in [-0.2, -0.15) is 0 Å². The van der Waals surface area contributed by atoms with Crippen LogP contribution in [0.5, 0.6) is 0 Å². The lowest BCUT2D eigenvalue weighted by atomic mass is 9.73. The Balaban J connectivity index is 1.39. The monoisotopic (exact) mass is 423 g/mol. The first kappa shape index (κ1) is 21.7. The standard InChI is InChI=1S/C21H33N3O6/c1-28-12-20(17(25)15-3-7-23(20)8-4-15)11-22-19(27)30-14-21(13-29-2)18(26)16-5-9-24(21)10-6-16/h15-16H,3-14H2,1-2H3,(H,22,27). The molecule has 9 nitrogen and oxygen atoms in total. The second-order valence-corrected chi connectivity index (χ2v) is 9.11. The lowest BCUT2D eigenvalue weighted by molar-refractivity contribution is -0.158. The lowest BCUT2D eigenvalue weighted by Crippen LogP contribution is -2.71. The molecule has 9 heteroatoms. The normalized spacial score (nSPS) is 39.9. The number of fused-ring (bicyclic) bond motifs is 6. The van der Waals surface area contributed by atoms with Crippen molar-refractivity contribution >= 4 is 17.7 Å². The average Bonchev–Trinajstić information content (AvgIpc) is 2.77. The van der Waals surface area contributed by atoms with Gasteiger partial charge in [-0.15, -0.1) is 0 Å². The minimum atomic E-state index is -0.902. The fourth-order valence-corrected chi connectivity index (χ4v) is 5.92. The molecule has 0 aromatic heterocycles. The molecule has 0 saturated carbocycles. The molecule has 6 rings (SSSR count). The number of ether oxygens (including phenoxy) is 3. The molecule has 6 aliphatic rings. The van der Waals surface area contributed by atoms with Crippen molar-refractivity contribution < 1.29 is 28.6 Å². The number of alkyl carbamates (subject to hydrolysis) is 1. The molecular weight excluding hydrogens is 390 g/mol. The van der Waals surface area contributed by atoms with Gasteiger partial charge in [0.05, 0.1) is 13.2 Å². The molecule has 0 radical (unpaired) electrons. The molecule has 4 bridgehead atoms. The number of rotatable bonds is 8. The number of ketones is 2. The number of hydrogen-bond acceptors (Lipinski definition) is 8. The zero-order valence-corrected chi connectivity index (χ0v) is 18.0. The van der Waals surface area contributed by atoms with Gasteiger partial charge in [-0.25, -0.2) is 4.79 Å². The molecule has 168 valence electrons. The number of nitrogens with one attached hydrogen (secondary N) is 1. The third-order valence-electron chi connectivity index (χ3n) is 7.59. The van der Waals surface area contributed by atoms with Crippen molar-refractivity contribution in [2.24, 2.45) is 11.8 Å². The topological polar surface area (TPSA) is 97.4 Å². The molecule has 0 aromatic rings. The van der Waals surface area contributed by atoms with Crippen LogP contribution in [0.15, 0.2) is 0 Å². The Kier molecular flexibility index (Phi) is 6.16. The highest BCUT2D eigenvalue weighted by Gasteiger charge is 2.55. The molecular formula is C21H33N3O6.